The molecule has 2 N–H and O–H groups in total. The maximum atomic E-state index is 13.5. The van der Waals surface area contributed by atoms with Crippen LogP contribution in [0.1, 0.15) is 90.3 Å². The van der Waals surface area contributed by atoms with Crippen LogP contribution in [0.4, 0.5) is 0 Å². The number of nitrogens with one attached hydrogen (secondary N) is 2. The van der Waals surface area contributed by atoms with Crippen molar-refractivity contribution in [2.75, 3.05) is 13.1 Å². The quantitative estimate of drug-likeness (QED) is 0.761. The molecule has 9 nitrogen and oxygen atoms in total. The van der Waals surface area contributed by atoms with Gasteiger partial charge in [0.25, 0.3) is 11.5 Å². The molecule has 2 aromatic rings. The number of aromatic amines is 2. The molecule has 2 aliphatic heterocycles. The van der Waals surface area contributed by atoms with Gasteiger partial charge >= 0.3 is 0 Å². The predicted molar refractivity (Wildman–Crippen MR) is 117 cm³/mol. The van der Waals surface area contributed by atoms with E-state index in [0.29, 0.717) is 55.3 Å². The van der Waals surface area contributed by atoms with Gasteiger partial charge in [-0.15, -0.1) is 0 Å². The van der Waals surface area contributed by atoms with Crippen LogP contribution in [0.3, 0.4) is 0 Å². The Bertz CT molecular complexity index is 1100. The number of H-pyrrole nitrogens is 2. The van der Waals surface area contributed by atoms with Gasteiger partial charge in [-0.1, -0.05) is 6.92 Å². The SMILES string of the molecule is CCC(=O)N1CCc2c(nc([C@@H]3CCCCN3C(=O)c3n[nH]c4c3CCCC4)[nH]c2=O)C1. The highest BCUT2D eigenvalue weighted by Crippen LogP contribution is 2.32. The zero-order valence-electron chi connectivity index (χ0n) is 18.6. The molecule has 0 unspecified atom stereocenters. The van der Waals surface area contributed by atoms with E-state index in [1.54, 1.807) is 4.90 Å². The Morgan fingerprint density at radius 2 is 1.91 bits per heavy atom. The molecule has 1 saturated heterocycles. The molecule has 2 amide bonds. The number of amides is 2. The largest absolute Gasteiger partial charge is 0.336 e. The fraction of sp³-hybridized carbons (Fsp3) is 0.609. The topological polar surface area (TPSA) is 115 Å². The summed E-state index contributed by atoms with van der Waals surface area (Å²) in [6.07, 6.45) is 7.58. The van der Waals surface area contributed by atoms with Crippen LogP contribution in [0.15, 0.2) is 4.79 Å². The van der Waals surface area contributed by atoms with Crippen LogP contribution in [0.2, 0.25) is 0 Å². The van der Waals surface area contributed by atoms with Gasteiger partial charge in [-0.3, -0.25) is 19.5 Å². The van der Waals surface area contributed by atoms with Gasteiger partial charge in [0.05, 0.1) is 18.3 Å². The molecule has 2 aromatic heterocycles. The minimum Gasteiger partial charge on any atom is -0.336 e. The summed E-state index contributed by atoms with van der Waals surface area (Å²) in [4.78, 5) is 49.9. The van der Waals surface area contributed by atoms with Crippen molar-refractivity contribution in [3.8, 4) is 0 Å². The highest BCUT2D eigenvalue weighted by Gasteiger charge is 2.35. The third-order valence-electron chi connectivity index (χ3n) is 7.09. The molecule has 0 aromatic carbocycles. The van der Waals surface area contributed by atoms with Crippen molar-refractivity contribution < 1.29 is 9.59 Å². The van der Waals surface area contributed by atoms with E-state index in [1.807, 2.05) is 11.8 Å². The Morgan fingerprint density at radius 1 is 1.06 bits per heavy atom. The number of aromatic nitrogens is 4. The van der Waals surface area contributed by atoms with Crippen LogP contribution < -0.4 is 5.56 Å². The highest BCUT2D eigenvalue weighted by molar-refractivity contribution is 5.94. The third kappa shape index (κ3) is 3.63. The number of rotatable bonds is 3. The van der Waals surface area contributed by atoms with Crippen LogP contribution in [0.25, 0.3) is 0 Å². The summed E-state index contributed by atoms with van der Waals surface area (Å²) in [5.41, 5.74) is 3.81. The number of hydrogen-bond acceptors (Lipinski definition) is 5. The summed E-state index contributed by atoms with van der Waals surface area (Å²) < 4.78 is 0. The lowest BCUT2D eigenvalue weighted by atomic mass is 9.94. The number of fused-ring (bicyclic) bond motifs is 2. The molecule has 9 heteroatoms. The van der Waals surface area contributed by atoms with Crippen LogP contribution in [-0.4, -0.2) is 54.9 Å². The Morgan fingerprint density at radius 3 is 2.75 bits per heavy atom. The second-order valence-corrected chi connectivity index (χ2v) is 9.04. The molecular formula is C23H30N6O3. The minimum atomic E-state index is -0.289. The van der Waals surface area contributed by atoms with Gasteiger partial charge in [0.1, 0.15) is 5.82 Å². The number of carbonyl (C=O) groups excluding carboxylic acids is 2. The van der Waals surface area contributed by atoms with Gasteiger partial charge in [0.2, 0.25) is 5.91 Å². The van der Waals surface area contributed by atoms with Crippen molar-refractivity contribution in [2.24, 2.45) is 0 Å². The summed E-state index contributed by atoms with van der Waals surface area (Å²) in [6, 6.07) is -0.289. The van der Waals surface area contributed by atoms with E-state index >= 15 is 0 Å². The zero-order chi connectivity index (χ0) is 22.2. The van der Waals surface area contributed by atoms with Crippen LogP contribution in [0.5, 0.6) is 0 Å². The summed E-state index contributed by atoms with van der Waals surface area (Å²) in [5, 5.41) is 7.44. The predicted octanol–water partition coefficient (Wildman–Crippen LogP) is 2.03. The third-order valence-corrected chi connectivity index (χ3v) is 7.09. The maximum absolute atomic E-state index is 13.5. The summed E-state index contributed by atoms with van der Waals surface area (Å²) in [6.45, 7) is 3.36. The Labute approximate surface area is 186 Å². The lowest BCUT2D eigenvalue weighted by molar-refractivity contribution is -0.131. The van der Waals surface area contributed by atoms with Gasteiger partial charge < -0.3 is 14.8 Å². The van der Waals surface area contributed by atoms with Crippen molar-refractivity contribution in [1.82, 2.24) is 30.0 Å². The molecule has 4 heterocycles. The first kappa shape index (κ1) is 20.9. The zero-order valence-corrected chi connectivity index (χ0v) is 18.6. The van der Waals surface area contributed by atoms with Crippen molar-refractivity contribution in [1.29, 1.82) is 0 Å². The van der Waals surface area contributed by atoms with E-state index < -0.39 is 0 Å². The van der Waals surface area contributed by atoms with E-state index in [9.17, 15) is 14.4 Å². The van der Waals surface area contributed by atoms with Crippen molar-refractivity contribution in [2.45, 2.75) is 77.3 Å². The summed E-state index contributed by atoms with van der Waals surface area (Å²) in [5.74, 6) is 0.506. The second-order valence-electron chi connectivity index (χ2n) is 9.04. The lowest BCUT2D eigenvalue weighted by Gasteiger charge is -2.35. The van der Waals surface area contributed by atoms with Crippen LogP contribution in [-0.2, 0) is 30.6 Å². The molecular weight excluding hydrogens is 408 g/mol. The number of nitrogens with zero attached hydrogens (tertiary/aromatic N) is 4. The van der Waals surface area contributed by atoms with E-state index in [0.717, 1.165) is 56.2 Å². The molecule has 5 rings (SSSR count). The average molecular weight is 439 g/mol. The van der Waals surface area contributed by atoms with Crippen molar-refractivity contribution >= 4 is 11.8 Å². The molecule has 1 fully saturated rings. The normalized spacial score (nSPS) is 20.6. The van der Waals surface area contributed by atoms with E-state index in [4.69, 9.17) is 4.98 Å². The van der Waals surface area contributed by atoms with Gasteiger partial charge in [-0.2, -0.15) is 5.10 Å². The number of aryl methyl sites for hydroxylation is 1. The first-order valence-electron chi connectivity index (χ1n) is 11.8. The average Bonchev–Trinajstić information content (AvgIpc) is 3.27. The van der Waals surface area contributed by atoms with E-state index in [2.05, 4.69) is 15.2 Å². The van der Waals surface area contributed by atoms with E-state index in [1.165, 1.54) is 0 Å². The molecule has 170 valence electrons. The first-order valence-corrected chi connectivity index (χ1v) is 11.8. The van der Waals surface area contributed by atoms with Crippen LogP contribution >= 0.6 is 0 Å². The molecule has 3 aliphatic rings. The van der Waals surface area contributed by atoms with Crippen molar-refractivity contribution in [3.63, 3.8) is 0 Å². The summed E-state index contributed by atoms with van der Waals surface area (Å²) >= 11 is 0. The Kier molecular flexibility index (Phi) is 5.57. The molecule has 1 aliphatic carbocycles. The molecule has 1 atom stereocenters. The molecule has 0 saturated carbocycles. The standard InChI is InChI=1S/C23H30N6O3/c1-2-19(30)28-12-10-15-17(13-28)24-21(25-22(15)31)18-9-5-6-11-29(18)23(32)20-14-7-3-4-8-16(14)26-27-20/h18H,2-13H2,1H3,(H,26,27)(H,24,25,31)/t18-/m0/s1. The number of likely N-dealkylation sites (tertiary alicyclic amines) is 1. The number of piperidine rings is 1. The molecule has 0 spiro atoms. The smallest absolute Gasteiger partial charge is 0.275 e. The first-order chi connectivity index (χ1) is 15.6. The fourth-order valence-corrected chi connectivity index (χ4v) is 5.31. The second kappa shape index (κ2) is 8.52. The number of hydrogen-bond donors (Lipinski definition) is 2. The van der Waals surface area contributed by atoms with Gasteiger partial charge in [0.15, 0.2) is 5.69 Å². The lowest BCUT2D eigenvalue weighted by Crippen LogP contribution is -2.42. The maximum Gasteiger partial charge on any atom is 0.275 e. The van der Waals surface area contributed by atoms with E-state index in [-0.39, 0.29) is 23.4 Å². The Hall–Kier alpha value is -2.97. The molecule has 0 bridgehead atoms. The molecule has 0 radical (unpaired) electrons. The number of carbonyl (C=O) groups is 2. The summed E-state index contributed by atoms with van der Waals surface area (Å²) in [7, 11) is 0. The highest BCUT2D eigenvalue weighted by atomic mass is 16.2. The van der Waals surface area contributed by atoms with Crippen molar-refractivity contribution in [3.05, 3.63) is 44.4 Å². The monoisotopic (exact) mass is 438 g/mol. The fourth-order valence-electron chi connectivity index (χ4n) is 5.31. The minimum absolute atomic E-state index is 0.0667. The Balaban J connectivity index is 1.46. The van der Waals surface area contributed by atoms with Crippen LogP contribution in [0, 0.1) is 0 Å². The van der Waals surface area contributed by atoms with Gasteiger partial charge in [-0.05, 0) is 51.4 Å². The molecule has 32 heavy (non-hydrogen) atoms. The van der Waals surface area contributed by atoms with Gasteiger partial charge in [0, 0.05) is 36.3 Å². The van der Waals surface area contributed by atoms with Gasteiger partial charge in [-0.25, -0.2) is 4.98 Å².